The number of rotatable bonds is 1. The molecule has 0 aliphatic rings. The third-order valence-corrected chi connectivity index (χ3v) is 2.10. The fourth-order valence-corrected chi connectivity index (χ4v) is 1.45. The molecule has 0 saturated carbocycles. The largest absolute Gasteiger partial charge is 0.227 e. The standard InChI is InChI=1S/C9H3Cl2F2N3/c10-8-14-7(15-9(11)16-8)4-1-2-5(12)6(13)3-4/h1-3H. The van der Waals surface area contributed by atoms with Gasteiger partial charge in [0.25, 0.3) is 0 Å². The first kappa shape index (κ1) is 11.2. The quantitative estimate of drug-likeness (QED) is 0.792. The summed E-state index contributed by atoms with van der Waals surface area (Å²) in [5.41, 5.74) is 0.269. The lowest BCUT2D eigenvalue weighted by Gasteiger charge is -2.01. The average Bonchev–Trinajstić information content (AvgIpc) is 2.20. The maximum atomic E-state index is 13.0. The lowest BCUT2D eigenvalue weighted by molar-refractivity contribution is 0.509. The topological polar surface area (TPSA) is 38.7 Å². The second-order valence-corrected chi connectivity index (χ2v) is 3.50. The minimum Gasteiger partial charge on any atom is -0.204 e. The monoisotopic (exact) mass is 261 g/mol. The maximum Gasteiger partial charge on any atom is 0.227 e. The van der Waals surface area contributed by atoms with Crippen molar-refractivity contribution in [2.75, 3.05) is 0 Å². The molecule has 0 aliphatic carbocycles. The van der Waals surface area contributed by atoms with E-state index in [1.807, 2.05) is 0 Å². The molecule has 16 heavy (non-hydrogen) atoms. The van der Waals surface area contributed by atoms with Crippen molar-refractivity contribution in [1.82, 2.24) is 15.0 Å². The predicted octanol–water partition coefficient (Wildman–Crippen LogP) is 3.12. The predicted molar refractivity (Wildman–Crippen MR) is 55.2 cm³/mol. The van der Waals surface area contributed by atoms with E-state index in [0.29, 0.717) is 0 Å². The highest BCUT2D eigenvalue weighted by Crippen LogP contribution is 2.20. The van der Waals surface area contributed by atoms with Crippen LogP contribution in [0.25, 0.3) is 11.4 Å². The highest BCUT2D eigenvalue weighted by atomic mass is 35.5. The van der Waals surface area contributed by atoms with E-state index >= 15 is 0 Å². The summed E-state index contributed by atoms with van der Waals surface area (Å²) in [5.74, 6) is -1.86. The Balaban J connectivity index is 2.54. The summed E-state index contributed by atoms with van der Waals surface area (Å²) in [4.78, 5) is 11.0. The Kier molecular flexibility index (Phi) is 2.98. The van der Waals surface area contributed by atoms with Crippen molar-refractivity contribution in [1.29, 1.82) is 0 Å². The Morgan fingerprint density at radius 3 is 2.06 bits per heavy atom. The number of halogens is 4. The molecule has 1 aromatic carbocycles. The highest BCUT2D eigenvalue weighted by molar-refractivity contribution is 6.31. The van der Waals surface area contributed by atoms with E-state index in [2.05, 4.69) is 15.0 Å². The third-order valence-electron chi connectivity index (χ3n) is 1.76. The van der Waals surface area contributed by atoms with Crippen LogP contribution in [0.1, 0.15) is 0 Å². The molecular weight excluding hydrogens is 259 g/mol. The van der Waals surface area contributed by atoms with Gasteiger partial charge in [-0.05, 0) is 41.4 Å². The molecule has 0 N–H and O–H groups in total. The molecule has 0 saturated heterocycles. The van der Waals surface area contributed by atoms with Crippen LogP contribution in [0.15, 0.2) is 18.2 Å². The van der Waals surface area contributed by atoms with Crippen molar-refractivity contribution in [2.45, 2.75) is 0 Å². The minimum absolute atomic E-state index is 0.0869. The van der Waals surface area contributed by atoms with E-state index in [1.54, 1.807) is 0 Å². The smallest absolute Gasteiger partial charge is 0.204 e. The van der Waals surface area contributed by atoms with E-state index in [0.717, 1.165) is 12.1 Å². The van der Waals surface area contributed by atoms with Gasteiger partial charge in [0.05, 0.1) is 0 Å². The van der Waals surface area contributed by atoms with Crippen molar-refractivity contribution in [3.63, 3.8) is 0 Å². The van der Waals surface area contributed by atoms with Crippen LogP contribution >= 0.6 is 23.2 Å². The van der Waals surface area contributed by atoms with Crippen LogP contribution in [0.2, 0.25) is 10.6 Å². The van der Waals surface area contributed by atoms with Crippen molar-refractivity contribution in [3.05, 3.63) is 40.4 Å². The van der Waals surface area contributed by atoms with E-state index < -0.39 is 11.6 Å². The number of nitrogens with zero attached hydrogens (tertiary/aromatic N) is 3. The Morgan fingerprint density at radius 1 is 0.875 bits per heavy atom. The van der Waals surface area contributed by atoms with Crippen LogP contribution in [0.5, 0.6) is 0 Å². The third kappa shape index (κ3) is 2.25. The van der Waals surface area contributed by atoms with Gasteiger partial charge < -0.3 is 0 Å². The van der Waals surface area contributed by atoms with Crippen molar-refractivity contribution >= 4 is 23.2 Å². The highest BCUT2D eigenvalue weighted by Gasteiger charge is 2.09. The summed E-state index contributed by atoms with van der Waals surface area (Å²) >= 11 is 11.1. The van der Waals surface area contributed by atoms with E-state index in [9.17, 15) is 8.78 Å². The summed E-state index contributed by atoms with van der Waals surface area (Å²) in [5, 5.41) is -0.223. The number of benzene rings is 1. The first-order valence-corrected chi connectivity index (χ1v) is 4.84. The molecular formula is C9H3Cl2F2N3. The van der Waals surface area contributed by atoms with Gasteiger partial charge in [0.15, 0.2) is 17.5 Å². The second kappa shape index (κ2) is 4.27. The molecule has 7 heteroatoms. The summed E-state index contributed by atoms with van der Waals surface area (Å²) in [6.45, 7) is 0. The molecule has 0 bridgehead atoms. The van der Waals surface area contributed by atoms with Gasteiger partial charge in [-0.1, -0.05) is 0 Å². The van der Waals surface area contributed by atoms with Crippen molar-refractivity contribution < 1.29 is 8.78 Å². The summed E-state index contributed by atoms with van der Waals surface area (Å²) in [6, 6.07) is 3.24. The average molecular weight is 262 g/mol. The molecule has 1 heterocycles. The van der Waals surface area contributed by atoms with Gasteiger partial charge >= 0.3 is 0 Å². The first-order chi connectivity index (χ1) is 7.56. The molecule has 2 rings (SSSR count). The number of hydrogen-bond acceptors (Lipinski definition) is 3. The van der Waals surface area contributed by atoms with Crippen LogP contribution in [0, 0.1) is 11.6 Å². The Labute approximate surface area is 99.1 Å². The SMILES string of the molecule is Fc1ccc(-c2nc(Cl)nc(Cl)n2)cc1F. The molecule has 0 fully saturated rings. The zero-order chi connectivity index (χ0) is 11.7. The van der Waals surface area contributed by atoms with Crippen LogP contribution in [0.4, 0.5) is 8.78 Å². The zero-order valence-corrected chi connectivity index (χ0v) is 9.10. The fraction of sp³-hybridized carbons (Fsp3) is 0. The van der Waals surface area contributed by atoms with Gasteiger partial charge in [-0.15, -0.1) is 0 Å². The summed E-state index contributed by atoms with van der Waals surface area (Å²) in [6.07, 6.45) is 0. The molecule has 0 spiro atoms. The van der Waals surface area contributed by atoms with Gasteiger partial charge in [0, 0.05) is 5.56 Å². The normalized spacial score (nSPS) is 10.5. The van der Waals surface area contributed by atoms with Crippen LogP contribution < -0.4 is 0 Å². The molecule has 3 nitrogen and oxygen atoms in total. The Morgan fingerprint density at radius 2 is 1.50 bits per heavy atom. The lowest BCUT2D eigenvalue weighted by atomic mass is 10.2. The molecule has 1 aromatic heterocycles. The van der Waals surface area contributed by atoms with Crippen LogP contribution in [-0.2, 0) is 0 Å². The Hall–Kier alpha value is -1.33. The first-order valence-electron chi connectivity index (χ1n) is 4.09. The summed E-state index contributed by atoms with van der Waals surface area (Å²) < 4.78 is 25.6. The number of aromatic nitrogens is 3. The zero-order valence-electron chi connectivity index (χ0n) is 7.59. The minimum atomic E-state index is -0.995. The molecule has 2 aromatic rings. The van der Waals surface area contributed by atoms with Gasteiger partial charge in [0.1, 0.15) is 0 Å². The van der Waals surface area contributed by atoms with E-state index in [1.165, 1.54) is 6.07 Å². The van der Waals surface area contributed by atoms with Gasteiger partial charge in [-0.25, -0.2) is 8.78 Å². The fourth-order valence-electron chi connectivity index (χ4n) is 1.09. The van der Waals surface area contributed by atoms with E-state index in [-0.39, 0.29) is 22.0 Å². The molecule has 0 aliphatic heterocycles. The Bertz CT molecular complexity index is 528. The van der Waals surface area contributed by atoms with Gasteiger partial charge in [-0.3, -0.25) is 0 Å². The van der Waals surface area contributed by atoms with Gasteiger partial charge in [0.2, 0.25) is 10.6 Å². The molecule has 0 unspecified atom stereocenters. The summed E-state index contributed by atoms with van der Waals surface area (Å²) in [7, 11) is 0. The second-order valence-electron chi connectivity index (χ2n) is 2.83. The molecule has 82 valence electrons. The molecule has 0 radical (unpaired) electrons. The number of hydrogen-bond donors (Lipinski definition) is 0. The lowest BCUT2D eigenvalue weighted by Crippen LogP contribution is -1.94. The van der Waals surface area contributed by atoms with E-state index in [4.69, 9.17) is 23.2 Å². The van der Waals surface area contributed by atoms with Crippen molar-refractivity contribution in [3.8, 4) is 11.4 Å². The van der Waals surface area contributed by atoms with Gasteiger partial charge in [-0.2, -0.15) is 15.0 Å². The van der Waals surface area contributed by atoms with Crippen LogP contribution in [0.3, 0.4) is 0 Å². The maximum absolute atomic E-state index is 13.0. The molecule has 0 atom stereocenters. The van der Waals surface area contributed by atoms with Crippen LogP contribution in [-0.4, -0.2) is 15.0 Å². The van der Waals surface area contributed by atoms with Crippen molar-refractivity contribution in [2.24, 2.45) is 0 Å². The molecule has 0 amide bonds.